The molecule has 2 fully saturated rings. The number of benzene rings is 4. The molecule has 4 aromatic rings. The fraction of sp³-hybridized carbons (Fsp3) is 0.432. The second-order valence-electron chi connectivity index (χ2n) is 16.0. The predicted octanol–water partition coefficient (Wildman–Crippen LogP) is 8.35. The molecule has 0 aliphatic heterocycles. The van der Waals surface area contributed by atoms with Crippen LogP contribution in [0.3, 0.4) is 0 Å². The van der Waals surface area contributed by atoms with Crippen molar-refractivity contribution >= 4 is 43.7 Å². The van der Waals surface area contributed by atoms with Gasteiger partial charge in [-0.1, -0.05) is 178 Å². The van der Waals surface area contributed by atoms with Crippen LogP contribution in [-0.4, -0.2) is 59.7 Å². The molecule has 10 heteroatoms. The van der Waals surface area contributed by atoms with Crippen LogP contribution in [0.15, 0.2) is 121 Å². The first-order valence-corrected chi connectivity index (χ1v) is 21.6. The van der Waals surface area contributed by atoms with E-state index in [1.807, 2.05) is 121 Å². The largest absolute Gasteiger partial charge is 0.407 e. The van der Waals surface area contributed by atoms with E-state index in [9.17, 15) is 27.5 Å². The van der Waals surface area contributed by atoms with Gasteiger partial charge in [0.25, 0.3) is 28.5 Å². The van der Waals surface area contributed by atoms with Crippen molar-refractivity contribution in [2.24, 2.45) is 23.7 Å². The van der Waals surface area contributed by atoms with Crippen LogP contribution in [0.2, 0.25) is 10.1 Å². The van der Waals surface area contributed by atoms with Crippen LogP contribution in [0.1, 0.15) is 56.4 Å². The van der Waals surface area contributed by atoms with Gasteiger partial charge in [-0.05, 0) is 30.8 Å². The van der Waals surface area contributed by atoms with Crippen molar-refractivity contribution in [1.82, 2.24) is 0 Å². The van der Waals surface area contributed by atoms with E-state index >= 15 is 0 Å². The third-order valence-electron chi connectivity index (χ3n) is 10.8. The second-order valence-corrected chi connectivity index (χ2v) is 24.6. The first-order chi connectivity index (χ1) is 24.5. The number of aliphatic hydroxyl groups excluding tert-OH is 1. The average molecular weight is 783 g/mol. The highest BCUT2D eigenvalue weighted by Crippen LogP contribution is 2.56. The molecule has 2 aliphatic rings. The lowest BCUT2D eigenvalue weighted by Crippen LogP contribution is -2.66. The number of halogens is 4. The highest BCUT2D eigenvalue weighted by molar-refractivity contribution is 7.00. The maximum atomic E-state index is 13.9. The molecular weight excluding hydrogens is 725 g/mol. The Kier molecular flexibility index (Phi) is 14.3. The Labute approximate surface area is 322 Å². The molecule has 4 nitrogen and oxygen atoms in total. The van der Waals surface area contributed by atoms with E-state index in [0.29, 0.717) is 6.29 Å². The fourth-order valence-electron chi connectivity index (χ4n) is 7.71. The van der Waals surface area contributed by atoms with Crippen LogP contribution in [0.25, 0.3) is 0 Å². The number of aliphatic hydroxyl groups is 1. The van der Waals surface area contributed by atoms with Gasteiger partial charge in [0, 0.05) is 13.2 Å². The molecule has 0 heterocycles. The molecule has 6 rings (SSSR count). The molecule has 294 valence electrons. The van der Waals surface area contributed by atoms with E-state index in [4.69, 9.17) is 8.85 Å². The molecule has 2 saturated carbocycles. The van der Waals surface area contributed by atoms with Crippen molar-refractivity contribution in [2.45, 2.75) is 78.3 Å². The molecule has 0 bridgehead atoms. The molecule has 54 heavy (non-hydrogen) atoms. The Balaban J connectivity index is 0.000000280. The molecule has 0 amide bonds. The van der Waals surface area contributed by atoms with Crippen LogP contribution >= 0.6 is 0 Å². The zero-order valence-corrected chi connectivity index (χ0v) is 32.7. The Hall–Kier alpha value is -3.42. The molecule has 0 spiro atoms. The van der Waals surface area contributed by atoms with Gasteiger partial charge in [-0.3, -0.25) is 0 Å². The van der Waals surface area contributed by atoms with Gasteiger partial charge in [-0.25, -0.2) is 17.6 Å². The molecule has 1 N–H and O–H groups in total. The summed E-state index contributed by atoms with van der Waals surface area (Å²) in [5.74, 6) is -9.93. The minimum Gasteiger partial charge on any atom is -0.407 e. The number of hydrogen-bond donors (Lipinski definition) is 1. The van der Waals surface area contributed by atoms with Crippen LogP contribution < -0.4 is 20.7 Å². The standard InChI is InChI=1S/C21H26F2O2Si.C21H24F2O2Si.2CH4/c2*1-20(2,3)26(16-10-6-4-7-11-16,17-12-8-5-9-13-17)25-15-19-18(14-24)21(19,22)23;;/h4-13,18-19,24H,14-15H2,1-3H3;4-14,18-19H,15H2,1-3H3;2*1H4. The number of carbonyl (C=O) groups is 1. The minimum absolute atomic E-state index is 0. The summed E-state index contributed by atoms with van der Waals surface area (Å²) in [4.78, 5) is 10.9. The van der Waals surface area contributed by atoms with Crippen molar-refractivity contribution < 1.29 is 36.3 Å². The van der Waals surface area contributed by atoms with Gasteiger partial charge in [-0.2, -0.15) is 0 Å². The van der Waals surface area contributed by atoms with Gasteiger partial charge < -0.3 is 18.8 Å². The summed E-state index contributed by atoms with van der Waals surface area (Å²) >= 11 is 0. The van der Waals surface area contributed by atoms with E-state index in [2.05, 4.69) is 41.5 Å². The van der Waals surface area contributed by atoms with Gasteiger partial charge in [0.05, 0.1) is 30.3 Å². The molecule has 4 unspecified atom stereocenters. The average Bonchev–Trinajstić information content (AvgIpc) is 3.89. The highest BCUT2D eigenvalue weighted by Gasteiger charge is 2.69. The Morgan fingerprint density at radius 2 is 0.852 bits per heavy atom. The maximum Gasteiger partial charge on any atom is 0.263 e. The Bertz CT molecular complexity index is 1670. The van der Waals surface area contributed by atoms with Crippen LogP contribution in [0, 0.1) is 23.7 Å². The molecule has 0 radical (unpaired) electrons. The van der Waals surface area contributed by atoms with Crippen molar-refractivity contribution in [3.05, 3.63) is 121 Å². The minimum atomic E-state index is -2.95. The highest BCUT2D eigenvalue weighted by atomic mass is 28.4. The lowest BCUT2D eigenvalue weighted by atomic mass is 10.2. The second kappa shape index (κ2) is 17.2. The van der Waals surface area contributed by atoms with E-state index < -0.39 is 58.8 Å². The normalized spacial score (nSPS) is 21.3. The lowest BCUT2D eigenvalue weighted by molar-refractivity contribution is -0.110. The quantitative estimate of drug-likeness (QED) is 0.0893. The fourth-order valence-corrected chi connectivity index (χ4v) is 16.9. The van der Waals surface area contributed by atoms with Gasteiger partial charge in [0.2, 0.25) is 0 Å². The van der Waals surface area contributed by atoms with Crippen LogP contribution in [0.5, 0.6) is 0 Å². The Morgan fingerprint density at radius 3 is 1.07 bits per heavy atom. The van der Waals surface area contributed by atoms with Crippen molar-refractivity contribution in [3.63, 3.8) is 0 Å². The molecule has 0 aromatic heterocycles. The maximum absolute atomic E-state index is 13.9. The zero-order valence-electron chi connectivity index (χ0n) is 30.7. The zero-order chi connectivity index (χ0) is 38.0. The SMILES string of the molecule is C.C.CC(C)(C)[Si](OCC1C(C=O)C1(F)F)(c1ccccc1)c1ccccc1.CC(C)(C)[Si](OCC1C(CO)C1(F)F)(c1ccccc1)c1ccccc1. The monoisotopic (exact) mass is 782 g/mol. The number of carbonyl (C=O) groups excluding carboxylic acids is 1. The van der Waals surface area contributed by atoms with Crippen molar-refractivity contribution in [3.8, 4) is 0 Å². The van der Waals surface area contributed by atoms with E-state index in [1.165, 1.54) is 0 Å². The lowest BCUT2D eigenvalue weighted by Gasteiger charge is -2.43. The Morgan fingerprint density at radius 1 is 0.556 bits per heavy atom. The first kappa shape index (κ1) is 45.0. The molecule has 4 aromatic carbocycles. The van der Waals surface area contributed by atoms with Crippen molar-refractivity contribution in [2.75, 3.05) is 19.8 Å². The molecule has 0 saturated heterocycles. The number of aldehydes is 1. The molecule has 2 aliphatic carbocycles. The third-order valence-corrected chi connectivity index (χ3v) is 20.8. The molecular formula is C44H58F4O4Si2. The summed E-state index contributed by atoms with van der Waals surface area (Å²) in [5, 5.41) is 12.9. The topological polar surface area (TPSA) is 55.8 Å². The summed E-state index contributed by atoms with van der Waals surface area (Å²) < 4.78 is 68.5. The summed E-state index contributed by atoms with van der Waals surface area (Å²) in [5.41, 5.74) is 0. The van der Waals surface area contributed by atoms with Gasteiger partial charge in [0.15, 0.2) is 0 Å². The van der Waals surface area contributed by atoms with Gasteiger partial charge in [-0.15, -0.1) is 0 Å². The number of rotatable bonds is 12. The third kappa shape index (κ3) is 8.38. The predicted molar refractivity (Wildman–Crippen MR) is 218 cm³/mol. The number of alkyl halides is 4. The van der Waals surface area contributed by atoms with E-state index in [-0.39, 0.29) is 38.1 Å². The molecule has 4 atom stereocenters. The smallest absolute Gasteiger partial charge is 0.263 e. The summed E-state index contributed by atoms with van der Waals surface area (Å²) in [7, 11) is -5.62. The summed E-state index contributed by atoms with van der Waals surface area (Å²) in [6.07, 6.45) is 0.361. The van der Waals surface area contributed by atoms with E-state index in [1.54, 1.807) is 0 Å². The van der Waals surface area contributed by atoms with Gasteiger partial charge in [0.1, 0.15) is 6.29 Å². The van der Waals surface area contributed by atoms with Gasteiger partial charge >= 0.3 is 0 Å². The van der Waals surface area contributed by atoms with Crippen LogP contribution in [-0.2, 0) is 13.6 Å². The first-order valence-electron chi connectivity index (χ1n) is 17.8. The van der Waals surface area contributed by atoms with Crippen molar-refractivity contribution in [1.29, 1.82) is 0 Å². The van der Waals surface area contributed by atoms with Crippen LogP contribution in [0.4, 0.5) is 17.6 Å². The summed E-state index contributed by atoms with van der Waals surface area (Å²) in [6, 6.07) is 39.7. The summed E-state index contributed by atoms with van der Waals surface area (Å²) in [6.45, 7) is 12.0. The van der Waals surface area contributed by atoms with E-state index in [0.717, 1.165) is 20.7 Å². The number of hydrogen-bond acceptors (Lipinski definition) is 4.